The Kier molecular flexibility index (Phi) is 5.05. The number of aryl methyl sites for hydroxylation is 1. The molecule has 0 amide bonds. The van der Waals surface area contributed by atoms with E-state index in [1.54, 1.807) is 31.2 Å². The molecule has 0 bridgehead atoms. The fraction of sp³-hybridized carbons (Fsp3) is 0.200. The zero-order valence-electron chi connectivity index (χ0n) is 16.0. The number of sulfonamides is 1. The minimum Gasteiger partial charge on any atom is -0.382 e. The number of anilines is 1. The number of nitrogen functional groups attached to an aromatic ring is 1. The highest BCUT2D eigenvalue weighted by Gasteiger charge is 2.24. The molecule has 9 heteroatoms. The summed E-state index contributed by atoms with van der Waals surface area (Å²) in [5.41, 5.74) is 9.12. The highest BCUT2D eigenvalue weighted by Crippen LogP contribution is 2.29. The van der Waals surface area contributed by atoms with Gasteiger partial charge < -0.3 is 10.7 Å². The lowest BCUT2D eigenvalue weighted by Gasteiger charge is -2.19. The monoisotopic (exact) mass is 473 g/mol. The number of fused-ring (bicyclic) bond motifs is 3. The summed E-state index contributed by atoms with van der Waals surface area (Å²) in [4.78, 5) is 12.4. The van der Waals surface area contributed by atoms with Crippen LogP contribution in [-0.4, -0.2) is 34.2 Å². The van der Waals surface area contributed by atoms with Crippen molar-refractivity contribution in [1.82, 2.24) is 19.3 Å². The van der Waals surface area contributed by atoms with Crippen LogP contribution < -0.4 is 5.73 Å². The van der Waals surface area contributed by atoms with Gasteiger partial charge in [-0.15, -0.1) is 0 Å². The highest BCUT2D eigenvalue weighted by molar-refractivity contribution is 9.10. The first-order valence-corrected chi connectivity index (χ1v) is 11.3. The third kappa shape index (κ3) is 3.61. The Bertz CT molecular complexity index is 1320. The van der Waals surface area contributed by atoms with Crippen LogP contribution >= 0.6 is 15.9 Å². The van der Waals surface area contributed by atoms with Crippen molar-refractivity contribution in [2.24, 2.45) is 0 Å². The van der Waals surface area contributed by atoms with E-state index in [2.05, 4.69) is 30.9 Å². The number of aromatic amines is 1. The summed E-state index contributed by atoms with van der Waals surface area (Å²) in [5.74, 6) is 0.820. The second-order valence-corrected chi connectivity index (χ2v) is 9.66. The van der Waals surface area contributed by atoms with E-state index in [4.69, 9.17) is 5.73 Å². The van der Waals surface area contributed by atoms with Crippen LogP contribution in [-0.2, 0) is 16.6 Å². The second kappa shape index (κ2) is 7.40. The van der Waals surface area contributed by atoms with Crippen molar-refractivity contribution in [3.05, 3.63) is 58.3 Å². The fourth-order valence-corrected chi connectivity index (χ4v) is 5.03. The van der Waals surface area contributed by atoms with Crippen molar-refractivity contribution in [1.29, 1.82) is 0 Å². The zero-order valence-corrected chi connectivity index (χ0v) is 18.4. The number of pyridine rings is 1. The summed E-state index contributed by atoms with van der Waals surface area (Å²) in [6.45, 7) is 4.14. The molecule has 2 aromatic carbocycles. The Morgan fingerprint density at radius 1 is 1.14 bits per heavy atom. The van der Waals surface area contributed by atoms with E-state index >= 15 is 0 Å². The normalized spacial score (nSPS) is 12.3. The SMILES string of the molecule is CCN(Cc1nc2c(N)nc3ccc(Br)cc3c2[nH]1)S(=O)(=O)c1ccc(C)cc1. The van der Waals surface area contributed by atoms with Gasteiger partial charge in [0.25, 0.3) is 0 Å². The lowest BCUT2D eigenvalue weighted by molar-refractivity contribution is 0.415. The van der Waals surface area contributed by atoms with Gasteiger partial charge in [0.05, 0.1) is 22.5 Å². The molecule has 3 N–H and O–H groups in total. The average Bonchev–Trinajstić information content (AvgIpc) is 3.12. The Balaban J connectivity index is 1.76. The van der Waals surface area contributed by atoms with Gasteiger partial charge in [-0.05, 0) is 37.3 Å². The van der Waals surface area contributed by atoms with Crippen molar-refractivity contribution in [2.75, 3.05) is 12.3 Å². The topological polar surface area (TPSA) is 105 Å². The predicted molar refractivity (Wildman–Crippen MR) is 118 cm³/mol. The molecular weight excluding hydrogens is 454 g/mol. The molecule has 0 atom stereocenters. The Morgan fingerprint density at radius 3 is 2.55 bits per heavy atom. The van der Waals surface area contributed by atoms with Crippen LogP contribution in [0.4, 0.5) is 5.82 Å². The maximum absolute atomic E-state index is 13.1. The summed E-state index contributed by atoms with van der Waals surface area (Å²) in [6, 6.07) is 12.5. The molecule has 2 aromatic heterocycles. The van der Waals surface area contributed by atoms with E-state index in [1.165, 1.54) is 4.31 Å². The van der Waals surface area contributed by atoms with E-state index in [0.29, 0.717) is 23.7 Å². The first-order chi connectivity index (χ1) is 13.8. The van der Waals surface area contributed by atoms with E-state index in [0.717, 1.165) is 26.5 Å². The highest BCUT2D eigenvalue weighted by atomic mass is 79.9. The Hall–Kier alpha value is -2.49. The molecule has 29 heavy (non-hydrogen) atoms. The van der Waals surface area contributed by atoms with E-state index in [9.17, 15) is 8.42 Å². The van der Waals surface area contributed by atoms with Gasteiger partial charge in [-0.25, -0.2) is 18.4 Å². The van der Waals surface area contributed by atoms with Gasteiger partial charge in [0, 0.05) is 16.4 Å². The molecule has 0 radical (unpaired) electrons. The third-order valence-electron chi connectivity index (χ3n) is 4.80. The van der Waals surface area contributed by atoms with E-state index in [1.807, 2.05) is 25.1 Å². The maximum Gasteiger partial charge on any atom is 0.243 e. The number of rotatable bonds is 5. The summed E-state index contributed by atoms with van der Waals surface area (Å²) in [6.07, 6.45) is 0. The quantitative estimate of drug-likeness (QED) is 0.456. The standard InChI is InChI=1S/C20H20BrN5O2S/c1-3-26(29(27,28)14-7-4-12(2)5-8-14)11-17-24-18-15-10-13(21)6-9-16(15)23-20(22)19(18)25-17/h4-10H,3,11H2,1-2H3,(H2,22,23)(H,24,25). The number of aromatic nitrogens is 3. The largest absolute Gasteiger partial charge is 0.382 e. The van der Waals surface area contributed by atoms with Gasteiger partial charge in [-0.1, -0.05) is 40.5 Å². The average molecular weight is 474 g/mol. The predicted octanol–water partition coefficient (Wildman–Crippen LogP) is 3.98. The molecule has 0 spiro atoms. The Labute approximate surface area is 177 Å². The molecule has 2 heterocycles. The summed E-state index contributed by atoms with van der Waals surface area (Å²) in [5, 5.41) is 0.867. The summed E-state index contributed by atoms with van der Waals surface area (Å²) >= 11 is 3.47. The van der Waals surface area contributed by atoms with Crippen molar-refractivity contribution in [3.8, 4) is 0 Å². The second-order valence-electron chi connectivity index (χ2n) is 6.81. The lowest BCUT2D eigenvalue weighted by Crippen LogP contribution is -2.30. The number of hydrogen-bond donors (Lipinski definition) is 2. The van der Waals surface area contributed by atoms with E-state index in [-0.39, 0.29) is 11.4 Å². The van der Waals surface area contributed by atoms with Gasteiger partial charge in [-0.2, -0.15) is 4.31 Å². The number of imidazole rings is 1. The number of halogens is 1. The number of nitrogens with two attached hydrogens (primary N) is 1. The first-order valence-electron chi connectivity index (χ1n) is 9.09. The van der Waals surface area contributed by atoms with Crippen LogP contribution in [0, 0.1) is 6.92 Å². The smallest absolute Gasteiger partial charge is 0.243 e. The van der Waals surface area contributed by atoms with Gasteiger partial charge in [0.1, 0.15) is 11.3 Å². The lowest BCUT2D eigenvalue weighted by atomic mass is 10.2. The molecule has 4 rings (SSSR count). The summed E-state index contributed by atoms with van der Waals surface area (Å²) in [7, 11) is -3.64. The molecule has 0 aliphatic carbocycles. The number of nitrogens with one attached hydrogen (secondary N) is 1. The van der Waals surface area contributed by atoms with Crippen molar-refractivity contribution in [3.63, 3.8) is 0 Å². The van der Waals surface area contributed by atoms with Crippen LogP contribution in [0.3, 0.4) is 0 Å². The molecule has 150 valence electrons. The van der Waals surface area contributed by atoms with Crippen molar-refractivity contribution < 1.29 is 8.42 Å². The number of nitrogens with zero attached hydrogens (tertiary/aromatic N) is 3. The van der Waals surface area contributed by atoms with Gasteiger partial charge in [0.2, 0.25) is 10.0 Å². The minimum absolute atomic E-state index is 0.107. The maximum atomic E-state index is 13.1. The zero-order chi connectivity index (χ0) is 20.8. The Morgan fingerprint density at radius 2 is 1.86 bits per heavy atom. The van der Waals surface area contributed by atoms with Crippen molar-refractivity contribution in [2.45, 2.75) is 25.3 Å². The number of benzene rings is 2. The molecule has 0 aliphatic rings. The van der Waals surface area contributed by atoms with Gasteiger partial charge >= 0.3 is 0 Å². The van der Waals surface area contributed by atoms with Crippen LogP contribution in [0.5, 0.6) is 0 Å². The van der Waals surface area contributed by atoms with E-state index < -0.39 is 10.0 Å². The molecular formula is C20H20BrN5O2S. The first kappa shape index (κ1) is 19.8. The molecule has 0 saturated carbocycles. The fourth-order valence-electron chi connectivity index (χ4n) is 3.26. The summed E-state index contributed by atoms with van der Waals surface area (Å²) < 4.78 is 28.4. The molecule has 0 saturated heterocycles. The van der Waals surface area contributed by atoms with Gasteiger partial charge in [-0.3, -0.25) is 0 Å². The molecule has 7 nitrogen and oxygen atoms in total. The minimum atomic E-state index is -3.64. The van der Waals surface area contributed by atoms with Gasteiger partial charge in [0.15, 0.2) is 5.82 Å². The molecule has 4 aromatic rings. The third-order valence-corrected chi connectivity index (χ3v) is 7.23. The molecule has 0 aliphatic heterocycles. The molecule has 0 fully saturated rings. The van der Waals surface area contributed by atoms with Crippen LogP contribution in [0.25, 0.3) is 21.9 Å². The van der Waals surface area contributed by atoms with Crippen LogP contribution in [0.1, 0.15) is 18.3 Å². The molecule has 0 unspecified atom stereocenters. The number of H-pyrrole nitrogens is 1. The van der Waals surface area contributed by atoms with Crippen LogP contribution in [0.15, 0.2) is 51.8 Å². The van der Waals surface area contributed by atoms with Crippen LogP contribution in [0.2, 0.25) is 0 Å². The van der Waals surface area contributed by atoms with Crippen molar-refractivity contribution >= 4 is 53.7 Å². The number of hydrogen-bond acceptors (Lipinski definition) is 5.